The van der Waals surface area contributed by atoms with E-state index in [0.29, 0.717) is 0 Å². The minimum Gasteiger partial charge on any atom is -0.481 e. The lowest BCUT2D eigenvalue weighted by molar-refractivity contribution is -0.140. The summed E-state index contributed by atoms with van der Waals surface area (Å²) in [6, 6.07) is -0.109. The zero-order valence-corrected chi connectivity index (χ0v) is 11.5. The van der Waals surface area contributed by atoms with Crippen molar-refractivity contribution in [2.24, 2.45) is 17.8 Å². The average molecular weight is 255 g/mol. The molecule has 102 valence electrons. The lowest BCUT2D eigenvalue weighted by Gasteiger charge is -2.32. The van der Waals surface area contributed by atoms with Crippen LogP contribution in [0.1, 0.15) is 34.6 Å². The van der Waals surface area contributed by atoms with Crippen LogP contribution in [0.4, 0.5) is 4.79 Å². The van der Waals surface area contributed by atoms with Crippen LogP contribution in [0.2, 0.25) is 0 Å². The first-order valence-corrected chi connectivity index (χ1v) is 6.39. The molecule has 1 aliphatic carbocycles. The normalized spacial score (nSPS) is 38.3. The zero-order valence-electron chi connectivity index (χ0n) is 11.5. The molecule has 0 aromatic heterocycles. The summed E-state index contributed by atoms with van der Waals surface area (Å²) < 4.78 is 5.37. The van der Waals surface area contributed by atoms with Gasteiger partial charge >= 0.3 is 12.1 Å². The Morgan fingerprint density at radius 3 is 1.89 bits per heavy atom. The van der Waals surface area contributed by atoms with Gasteiger partial charge in [0.2, 0.25) is 0 Å². The molecule has 5 heteroatoms. The van der Waals surface area contributed by atoms with Crippen molar-refractivity contribution in [2.75, 3.05) is 0 Å². The molecule has 0 bridgehead atoms. The number of likely N-dealkylation sites (tertiary alicyclic amines) is 1. The molecule has 1 aliphatic heterocycles. The molecule has 1 N–H and O–H groups in total. The van der Waals surface area contributed by atoms with Gasteiger partial charge in [-0.25, -0.2) is 4.79 Å². The van der Waals surface area contributed by atoms with E-state index in [0.717, 1.165) is 0 Å². The Morgan fingerprint density at radius 2 is 1.56 bits per heavy atom. The predicted molar refractivity (Wildman–Crippen MR) is 65.1 cm³/mol. The number of nitrogens with zero attached hydrogens (tertiary/aromatic N) is 1. The first kappa shape index (κ1) is 13.2. The molecule has 0 radical (unpaired) electrons. The molecule has 1 saturated heterocycles. The molecule has 0 spiro atoms. The van der Waals surface area contributed by atoms with Crippen molar-refractivity contribution in [2.45, 2.75) is 52.3 Å². The summed E-state index contributed by atoms with van der Waals surface area (Å²) in [5, 5.41) is 9.07. The fourth-order valence-electron chi connectivity index (χ4n) is 3.32. The molecule has 18 heavy (non-hydrogen) atoms. The number of fused-ring (bicyclic) bond motifs is 1. The molecule has 1 amide bonds. The molecule has 2 fully saturated rings. The van der Waals surface area contributed by atoms with Crippen LogP contribution < -0.4 is 0 Å². The fourth-order valence-corrected chi connectivity index (χ4v) is 3.32. The number of aliphatic carboxylic acids is 1. The van der Waals surface area contributed by atoms with E-state index in [9.17, 15) is 9.59 Å². The number of ether oxygens (including phenoxy) is 1. The molecule has 5 nitrogen and oxygen atoms in total. The monoisotopic (exact) mass is 255 g/mol. The SMILES string of the molecule is C[C@@H]1[C@@H]2C(C(=O)O)[C@@H]2[C@@H](C)N1C(=O)OC(C)(C)C. The van der Waals surface area contributed by atoms with Crippen molar-refractivity contribution < 1.29 is 19.4 Å². The molecular weight excluding hydrogens is 234 g/mol. The van der Waals surface area contributed by atoms with Gasteiger partial charge in [-0.1, -0.05) is 0 Å². The molecule has 5 atom stereocenters. The second-order valence-corrected chi connectivity index (χ2v) is 6.39. The number of carbonyl (C=O) groups excluding carboxylic acids is 1. The van der Waals surface area contributed by atoms with Crippen LogP contribution in [-0.2, 0) is 9.53 Å². The van der Waals surface area contributed by atoms with Crippen molar-refractivity contribution in [1.82, 2.24) is 4.90 Å². The highest BCUT2D eigenvalue weighted by atomic mass is 16.6. The highest BCUT2D eigenvalue weighted by Crippen LogP contribution is 2.58. The topological polar surface area (TPSA) is 66.8 Å². The number of amides is 1. The molecule has 0 aromatic rings. The number of rotatable bonds is 1. The third kappa shape index (κ3) is 1.95. The van der Waals surface area contributed by atoms with Gasteiger partial charge in [-0.05, 0) is 46.5 Å². The maximum absolute atomic E-state index is 12.1. The highest BCUT2D eigenvalue weighted by molar-refractivity contribution is 5.77. The van der Waals surface area contributed by atoms with Gasteiger partial charge < -0.3 is 14.7 Å². The third-order valence-electron chi connectivity index (χ3n) is 4.01. The van der Waals surface area contributed by atoms with E-state index in [1.807, 2.05) is 34.6 Å². The van der Waals surface area contributed by atoms with Crippen LogP contribution in [0, 0.1) is 17.8 Å². The number of hydrogen-bond acceptors (Lipinski definition) is 3. The van der Waals surface area contributed by atoms with Crippen LogP contribution in [0.5, 0.6) is 0 Å². The quantitative estimate of drug-likeness (QED) is 0.777. The minimum atomic E-state index is -0.743. The summed E-state index contributed by atoms with van der Waals surface area (Å²) in [4.78, 5) is 24.8. The van der Waals surface area contributed by atoms with Gasteiger partial charge in [0.1, 0.15) is 5.60 Å². The van der Waals surface area contributed by atoms with Crippen molar-refractivity contribution in [3.05, 3.63) is 0 Å². The summed E-state index contributed by atoms with van der Waals surface area (Å²) in [5.41, 5.74) is -0.518. The van der Waals surface area contributed by atoms with Gasteiger partial charge in [0.05, 0.1) is 5.92 Å². The number of carboxylic acid groups (broad SMARTS) is 1. The van der Waals surface area contributed by atoms with E-state index in [1.165, 1.54) is 0 Å². The Kier molecular flexibility index (Phi) is 2.83. The Hall–Kier alpha value is -1.26. The van der Waals surface area contributed by atoms with Crippen LogP contribution in [0.3, 0.4) is 0 Å². The molecule has 2 aliphatic rings. The van der Waals surface area contributed by atoms with E-state index in [1.54, 1.807) is 4.90 Å². The van der Waals surface area contributed by atoms with Crippen molar-refractivity contribution in [3.8, 4) is 0 Å². The lowest BCUT2D eigenvalue weighted by atomic mass is 10.1. The summed E-state index contributed by atoms with van der Waals surface area (Å²) >= 11 is 0. The fraction of sp³-hybridized carbons (Fsp3) is 0.846. The molecule has 0 aromatic carbocycles. The molecule has 1 saturated carbocycles. The third-order valence-corrected chi connectivity index (χ3v) is 4.01. The average Bonchev–Trinajstić information content (AvgIpc) is 2.82. The summed E-state index contributed by atoms with van der Waals surface area (Å²) in [7, 11) is 0. The Balaban J connectivity index is 2.06. The maximum Gasteiger partial charge on any atom is 0.410 e. The van der Waals surface area contributed by atoms with E-state index in [4.69, 9.17) is 9.84 Å². The Labute approximate surface area is 107 Å². The maximum atomic E-state index is 12.1. The lowest BCUT2D eigenvalue weighted by Crippen LogP contribution is -2.46. The van der Waals surface area contributed by atoms with Gasteiger partial charge in [-0.3, -0.25) is 4.79 Å². The number of carboxylic acids is 1. The standard InChI is InChI=1S/C13H21NO4/c1-6-8-9(10(8)11(15)16)7(2)14(6)12(17)18-13(3,4)5/h6-10H,1-5H3,(H,15,16)/t6-,7-,8-,9+,10?/m1/s1. The van der Waals surface area contributed by atoms with Gasteiger partial charge in [0.25, 0.3) is 0 Å². The van der Waals surface area contributed by atoms with Gasteiger partial charge in [-0.15, -0.1) is 0 Å². The smallest absolute Gasteiger partial charge is 0.410 e. The number of hydrogen-bond donors (Lipinski definition) is 1. The van der Waals surface area contributed by atoms with Crippen molar-refractivity contribution >= 4 is 12.1 Å². The van der Waals surface area contributed by atoms with Crippen molar-refractivity contribution in [1.29, 1.82) is 0 Å². The first-order valence-electron chi connectivity index (χ1n) is 6.39. The highest BCUT2D eigenvalue weighted by Gasteiger charge is 2.68. The minimum absolute atomic E-state index is 0.0547. The first-order chi connectivity index (χ1) is 8.15. The second-order valence-electron chi connectivity index (χ2n) is 6.39. The van der Waals surface area contributed by atoms with Crippen LogP contribution >= 0.6 is 0 Å². The number of piperidine rings is 1. The van der Waals surface area contributed by atoms with Gasteiger partial charge in [0.15, 0.2) is 0 Å². The zero-order chi connectivity index (χ0) is 13.8. The van der Waals surface area contributed by atoms with Gasteiger partial charge in [0, 0.05) is 12.1 Å². The molecule has 1 unspecified atom stereocenters. The van der Waals surface area contributed by atoms with Crippen molar-refractivity contribution in [3.63, 3.8) is 0 Å². The van der Waals surface area contributed by atoms with Gasteiger partial charge in [-0.2, -0.15) is 0 Å². The number of carbonyl (C=O) groups is 2. The van der Waals surface area contributed by atoms with E-state index >= 15 is 0 Å². The Morgan fingerprint density at radius 1 is 1.11 bits per heavy atom. The molecular formula is C13H21NO4. The van der Waals surface area contributed by atoms with Crippen LogP contribution in [0.15, 0.2) is 0 Å². The van der Waals surface area contributed by atoms with E-state index in [2.05, 4.69) is 0 Å². The van der Waals surface area contributed by atoms with E-state index in [-0.39, 0.29) is 35.9 Å². The second kappa shape index (κ2) is 3.87. The summed E-state index contributed by atoms with van der Waals surface area (Å²) in [5.74, 6) is -0.851. The largest absolute Gasteiger partial charge is 0.481 e. The predicted octanol–water partition coefficient (Wildman–Crippen LogP) is 1.96. The summed E-state index contributed by atoms with van der Waals surface area (Å²) in [6.45, 7) is 9.31. The van der Waals surface area contributed by atoms with Crippen LogP contribution in [0.25, 0.3) is 0 Å². The van der Waals surface area contributed by atoms with Crippen LogP contribution in [-0.4, -0.2) is 39.8 Å². The summed E-state index contributed by atoms with van der Waals surface area (Å²) in [6.07, 6.45) is -0.334. The molecule has 1 heterocycles. The van der Waals surface area contributed by atoms with E-state index < -0.39 is 11.6 Å². The Bertz CT molecular complexity index is 371. The molecule has 2 rings (SSSR count).